The first-order valence-electron chi connectivity index (χ1n) is 5.29. The molecule has 2 heterocycles. The largest absolute Gasteiger partial charge is 0.284 e. The summed E-state index contributed by atoms with van der Waals surface area (Å²) in [5.74, 6) is 1.03. The Balaban J connectivity index is 2.21. The van der Waals surface area contributed by atoms with Gasteiger partial charge in [-0.05, 0) is 24.6 Å². The third kappa shape index (κ3) is 1.48. The first kappa shape index (κ1) is 9.73. The van der Waals surface area contributed by atoms with Crippen molar-refractivity contribution >= 4 is 11.8 Å². The van der Waals surface area contributed by atoms with Crippen LogP contribution >= 0.6 is 11.8 Å². The lowest BCUT2D eigenvalue weighted by atomic mass is 10.2. The van der Waals surface area contributed by atoms with Crippen LogP contribution in [-0.2, 0) is 6.42 Å². The summed E-state index contributed by atoms with van der Waals surface area (Å²) in [5.41, 5.74) is 2.04. The minimum absolute atomic E-state index is 0.133. The topological polar surface area (TPSA) is 22.0 Å². The van der Waals surface area contributed by atoms with Gasteiger partial charge in [-0.2, -0.15) is 0 Å². The number of pyridine rings is 1. The van der Waals surface area contributed by atoms with Gasteiger partial charge in [-0.15, -0.1) is 11.8 Å². The van der Waals surface area contributed by atoms with E-state index in [9.17, 15) is 4.79 Å². The smallest absolute Gasteiger partial charge is 0.259 e. The Morgan fingerprint density at radius 3 is 2.75 bits per heavy atom. The number of rotatable bonds is 1. The van der Waals surface area contributed by atoms with Crippen molar-refractivity contribution in [1.82, 2.24) is 4.57 Å². The highest BCUT2D eigenvalue weighted by Crippen LogP contribution is 2.28. The van der Waals surface area contributed by atoms with Crippen LogP contribution in [0, 0.1) is 0 Å². The Labute approximate surface area is 97.9 Å². The number of thioether (sulfide) groups is 1. The number of hydrogen-bond donors (Lipinski definition) is 0. The number of fused-ring (bicyclic) bond motifs is 1. The predicted octanol–water partition coefficient (Wildman–Crippen LogP) is 2.49. The van der Waals surface area contributed by atoms with Gasteiger partial charge in [0.1, 0.15) is 0 Å². The number of benzene rings is 1. The van der Waals surface area contributed by atoms with E-state index in [0.717, 1.165) is 28.3 Å². The minimum Gasteiger partial charge on any atom is -0.284 e. The predicted molar refractivity (Wildman–Crippen MR) is 66.5 cm³/mol. The summed E-state index contributed by atoms with van der Waals surface area (Å²) in [4.78, 5) is 13.4. The summed E-state index contributed by atoms with van der Waals surface area (Å²) in [6.45, 7) is 0. The summed E-state index contributed by atoms with van der Waals surface area (Å²) >= 11 is 1.77. The van der Waals surface area contributed by atoms with E-state index in [4.69, 9.17) is 0 Å². The molecule has 0 amide bonds. The van der Waals surface area contributed by atoms with Crippen LogP contribution < -0.4 is 5.56 Å². The lowest BCUT2D eigenvalue weighted by Gasteiger charge is -2.07. The zero-order chi connectivity index (χ0) is 11.0. The zero-order valence-corrected chi connectivity index (χ0v) is 9.54. The second-order valence-electron chi connectivity index (χ2n) is 3.77. The molecule has 2 nitrogen and oxygen atoms in total. The Morgan fingerprint density at radius 1 is 1.12 bits per heavy atom. The lowest BCUT2D eigenvalue weighted by Crippen LogP contribution is -2.21. The van der Waals surface area contributed by atoms with E-state index < -0.39 is 0 Å². The summed E-state index contributed by atoms with van der Waals surface area (Å²) in [7, 11) is 0. The fourth-order valence-corrected chi connectivity index (χ4v) is 3.03. The van der Waals surface area contributed by atoms with E-state index in [1.54, 1.807) is 16.3 Å². The molecule has 16 heavy (non-hydrogen) atoms. The molecule has 3 rings (SSSR count). The van der Waals surface area contributed by atoms with Crippen LogP contribution in [0.2, 0.25) is 0 Å². The molecule has 0 atom stereocenters. The Bertz CT molecular complexity index is 574. The Morgan fingerprint density at radius 2 is 1.94 bits per heavy atom. The van der Waals surface area contributed by atoms with Crippen LogP contribution in [-0.4, -0.2) is 10.3 Å². The molecule has 0 saturated heterocycles. The maximum Gasteiger partial charge on any atom is 0.259 e. The van der Waals surface area contributed by atoms with Gasteiger partial charge in [-0.3, -0.25) is 9.36 Å². The van der Waals surface area contributed by atoms with E-state index >= 15 is 0 Å². The summed E-state index contributed by atoms with van der Waals surface area (Å²) < 4.78 is 1.73. The van der Waals surface area contributed by atoms with Crippen molar-refractivity contribution in [2.45, 2.75) is 11.3 Å². The zero-order valence-electron chi connectivity index (χ0n) is 8.72. The molecule has 2 aromatic rings. The van der Waals surface area contributed by atoms with Gasteiger partial charge >= 0.3 is 0 Å². The molecule has 3 heteroatoms. The van der Waals surface area contributed by atoms with E-state index in [2.05, 4.69) is 0 Å². The highest BCUT2D eigenvalue weighted by molar-refractivity contribution is 7.99. The molecule has 0 unspecified atom stereocenters. The quantitative estimate of drug-likeness (QED) is 0.749. The molecule has 1 aliphatic rings. The molecule has 0 radical (unpaired) electrons. The molecule has 1 aromatic carbocycles. The van der Waals surface area contributed by atoms with Crippen LogP contribution in [0.1, 0.15) is 5.56 Å². The molecule has 0 bridgehead atoms. The normalized spacial score (nSPS) is 13.8. The SMILES string of the molecule is O=c1c2c(ccn1-c1ccccc1)SCC2. The highest BCUT2D eigenvalue weighted by Gasteiger charge is 2.16. The second-order valence-corrected chi connectivity index (χ2v) is 4.90. The highest BCUT2D eigenvalue weighted by atomic mass is 32.2. The van der Waals surface area contributed by atoms with Crippen LogP contribution in [0.25, 0.3) is 5.69 Å². The molecule has 1 aromatic heterocycles. The molecular weight excluding hydrogens is 218 g/mol. The van der Waals surface area contributed by atoms with Crippen LogP contribution in [0.15, 0.2) is 52.3 Å². The van der Waals surface area contributed by atoms with Crippen LogP contribution in [0.4, 0.5) is 0 Å². The van der Waals surface area contributed by atoms with Crippen molar-refractivity contribution in [1.29, 1.82) is 0 Å². The lowest BCUT2D eigenvalue weighted by molar-refractivity contribution is 0.925. The molecular formula is C13H11NOS. The first-order valence-corrected chi connectivity index (χ1v) is 6.27. The van der Waals surface area contributed by atoms with Gasteiger partial charge in [0.05, 0.1) is 0 Å². The molecule has 1 aliphatic heterocycles. The summed E-state index contributed by atoms with van der Waals surface area (Å²) in [5, 5.41) is 0. The summed E-state index contributed by atoms with van der Waals surface area (Å²) in [6, 6.07) is 11.8. The molecule has 0 fully saturated rings. The Kier molecular flexibility index (Phi) is 2.33. The van der Waals surface area contributed by atoms with E-state index in [0.29, 0.717) is 0 Å². The molecule has 80 valence electrons. The maximum atomic E-state index is 12.2. The van der Waals surface area contributed by atoms with E-state index in [1.807, 2.05) is 42.6 Å². The van der Waals surface area contributed by atoms with Gasteiger partial charge in [0.25, 0.3) is 5.56 Å². The van der Waals surface area contributed by atoms with E-state index in [1.165, 1.54) is 0 Å². The average Bonchev–Trinajstić information content (AvgIpc) is 2.80. The second kappa shape index (κ2) is 3.83. The number of hydrogen-bond acceptors (Lipinski definition) is 2. The standard InChI is InChI=1S/C13H11NOS/c15-13-11-7-9-16-12(11)6-8-14(13)10-4-2-1-3-5-10/h1-6,8H,7,9H2. The number of nitrogens with zero attached hydrogens (tertiary/aromatic N) is 1. The Hall–Kier alpha value is -1.48. The summed E-state index contributed by atoms with van der Waals surface area (Å²) in [6.07, 6.45) is 2.77. The van der Waals surface area contributed by atoms with Crippen LogP contribution in [0.5, 0.6) is 0 Å². The van der Waals surface area contributed by atoms with Crippen molar-refractivity contribution in [3.8, 4) is 5.69 Å². The maximum absolute atomic E-state index is 12.2. The van der Waals surface area contributed by atoms with Gasteiger partial charge in [0.15, 0.2) is 0 Å². The number of aromatic nitrogens is 1. The first-order chi connectivity index (χ1) is 7.86. The van der Waals surface area contributed by atoms with Crippen molar-refractivity contribution in [3.63, 3.8) is 0 Å². The average molecular weight is 229 g/mol. The number of para-hydroxylation sites is 1. The molecule has 0 spiro atoms. The van der Waals surface area contributed by atoms with Gasteiger partial charge < -0.3 is 0 Å². The molecule has 0 saturated carbocycles. The fourth-order valence-electron chi connectivity index (χ4n) is 1.98. The fraction of sp³-hybridized carbons (Fsp3) is 0.154. The third-order valence-corrected chi connectivity index (χ3v) is 3.90. The van der Waals surface area contributed by atoms with Gasteiger partial charge in [0, 0.05) is 28.1 Å². The van der Waals surface area contributed by atoms with Crippen LogP contribution in [0.3, 0.4) is 0 Å². The molecule has 0 N–H and O–H groups in total. The van der Waals surface area contributed by atoms with E-state index in [-0.39, 0.29) is 5.56 Å². The monoisotopic (exact) mass is 229 g/mol. The van der Waals surface area contributed by atoms with Crippen molar-refractivity contribution in [2.24, 2.45) is 0 Å². The van der Waals surface area contributed by atoms with Crippen molar-refractivity contribution in [2.75, 3.05) is 5.75 Å². The van der Waals surface area contributed by atoms with Gasteiger partial charge in [-0.1, -0.05) is 18.2 Å². The molecule has 0 aliphatic carbocycles. The third-order valence-electron chi connectivity index (χ3n) is 2.79. The minimum atomic E-state index is 0.133. The van der Waals surface area contributed by atoms with Crippen molar-refractivity contribution in [3.05, 3.63) is 58.5 Å². The van der Waals surface area contributed by atoms with Gasteiger partial charge in [-0.25, -0.2) is 0 Å². The van der Waals surface area contributed by atoms with Gasteiger partial charge in [0.2, 0.25) is 0 Å². The van der Waals surface area contributed by atoms with Crippen molar-refractivity contribution < 1.29 is 0 Å².